The van der Waals surface area contributed by atoms with Gasteiger partial charge >= 0.3 is 0 Å². The maximum Gasteiger partial charge on any atom is 0.234 e. The first kappa shape index (κ1) is 9.58. The monoisotopic (exact) mass is 204 g/mol. The second-order valence-corrected chi connectivity index (χ2v) is 3.24. The fourth-order valence-corrected chi connectivity index (χ4v) is 1.36. The molecular weight excluding hydrogens is 195 g/mol. The van der Waals surface area contributed by atoms with E-state index in [1.165, 1.54) is 16.8 Å². The largest absolute Gasteiger partial charge is 0.276 e. The molecule has 0 bridgehead atoms. The third-order valence-corrected chi connectivity index (χ3v) is 2.08. The molecule has 3 nitrogen and oxygen atoms in total. The smallest absolute Gasteiger partial charge is 0.234 e. The number of nitrogens with zero attached hydrogens (tertiary/aromatic N) is 2. The zero-order valence-corrected chi connectivity index (χ0v) is 7.93. The van der Waals surface area contributed by atoms with Gasteiger partial charge in [0.1, 0.15) is 5.82 Å². The minimum atomic E-state index is -0.248. The number of carbonyl (C=O) groups is 1. The van der Waals surface area contributed by atoms with E-state index in [1.807, 2.05) is 0 Å². The fourth-order valence-electron chi connectivity index (χ4n) is 1.36. The van der Waals surface area contributed by atoms with Gasteiger partial charge in [-0.1, -0.05) is 12.1 Å². The zero-order chi connectivity index (χ0) is 10.7. The minimum absolute atomic E-state index is 0.248. The standard InChI is InChI=1S/C11H9FN2O/c12-11-3-1-9(2-4-11)5-10-6-13-14(7-10)8-15/h1-4,6-8H,5H2. The van der Waals surface area contributed by atoms with E-state index in [0.29, 0.717) is 12.8 Å². The number of hydrogen-bond acceptors (Lipinski definition) is 2. The zero-order valence-electron chi connectivity index (χ0n) is 7.93. The Kier molecular flexibility index (Phi) is 2.58. The molecule has 0 saturated carbocycles. The Balaban J connectivity index is 2.14. The van der Waals surface area contributed by atoms with E-state index in [0.717, 1.165) is 11.1 Å². The Morgan fingerprint density at radius 3 is 2.60 bits per heavy atom. The van der Waals surface area contributed by atoms with Crippen molar-refractivity contribution in [1.29, 1.82) is 0 Å². The van der Waals surface area contributed by atoms with Crippen molar-refractivity contribution in [2.45, 2.75) is 6.42 Å². The molecule has 1 aromatic carbocycles. The molecular formula is C11H9FN2O. The average Bonchev–Trinajstić information content (AvgIpc) is 2.69. The summed E-state index contributed by atoms with van der Waals surface area (Å²) < 4.78 is 13.8. The highest BCUT2D eigenvalue weighted by Crippen LogP contribution is 2.09. The predicted octanol–water partition coefficient (Wildman–Crippen LogP) is 1.65. The van der Waals surface area contributed by atoms with Crippen LogP contribution in [0.5, 0.6) is 0 Å². The van der Waals surface area contributed by atoms with Crippen LogP contribution in [-0.4, -0.2) is 16.2 Å². The highest BCUT2D eigenvalue weighted by Gasteiger charge is 1.99. The van der Waals surface area contributed by atoms with E-state index >= 15 is 0 Å². The molecule has 0 atom stereocenters. The van der Waals surface area contributed by atoms with Gasteiger partial charge in [0.2, 0.25) is 6.41 Å². The first-order valence-corrected chi connectivity index (χ1v) is 4.51. The van der Waals surface area contributed by atoms with Crippen molar-refractivity contribution in [3.05, 3.63) is 53.6 Å². The highest BCUT2D eigenvalue weighted by molar-refractivity contribution is 5.50. The molecule has 1 heterocycles. The summed E-state index contributed by atoms with van der Waals surface area (Å²) in [5.41, 5.74) is 1.91. The molecule has 76 valence electrons. The van der Waals surface area contributed by atoms with E-state index in [2.05, 4.69) is 5.10 Å². The topological polar surface area (TPSA) is 34.9 Å². The summed E-state index contributed by atoms with van der Waals surface area (Å²) in [7, 11) is 0. The molecule has 0 aliphatic carbocycles. The summed E-state index contributed by atoms with van der Waals surface area (Å²) in [6.45, 7) is 0. The maximum absolute atomic E-state index is 12.6. The van der Waals surface area contributed by atoms with Crippen molar-refractivity contribution >= 4 is 6.41 Å². The molecule has 2 aromatic rings. The molecule has 0 N–H and O–H groups in total. The number of carbonyl (C=O) groups excluding carboxylic acids is 1. The second kappa shape index (κ2) is 4.04. The number of aromatic nitrogens is 2. The lowest BCUT2D eigenvalue weighted by molar-refractivity contribution is 0.540. The third kappa shape index (κ3) is 2.28. The Bertz CT molecular complexity index is 462. The van der Waals surface area contributed by atoms with Crippen LogP contribution in [0.2, 0.25) is 0 Å². The van der Waals surface area contributed by atoms with E-state index < -0.39 is 0 Å². The molecule has 15 heavy (non-hydrogen) atoms. The van der Waals surface area contributed by atoms with Gasteiger partial charge in [-0.3, -0.25) is 4.79 Å². The van der Waals surface area contributed by atoms with Gasteiger partial charge < -0.3 is 0 Å². The number of halogens is 1. The van der Waals surface area contributed by atoms with Crippen LogP contribution in [-0.2, 0) is 11.2 Å². The quantitative estimate of drug-likeness (QED) is 0.712. The van der Waals surface area contributed by atoms with Crippen molar-refractivity contribution in [1.82, 2.24) is 9.78 Å². The minimum Gasteiger partial charge on any atom is -0.276 e. The van der Waals surface area contributed by atoms with Crippen LogP contribution in [0.25, 0.3) is 0 Å². The van der Waals surface area contributed by atoms with Gasteiger partial charge in [-0.15, -0.1) is 0 Å². The Hall–Kier alpha value is -1.97. The SMILES string of the molecule is O=Cn1cc(Cc2ccc(F)cc2)cn1. The fraction of sp³-hybridized carbons (Fsp3) is 0.0909. The van der Waals surface area contributed by atoms with E-state index in [1.54, 1.807) is 24.5 Å². The Morgan fingerprint density at radius 2 is 2.00 bits per heavy atom. The van der Waals surface area contributed by atoms with E-state index in [-0.39, 0.29) is 5.82 Å². The Morgan fingerprint density at radius 1 is 1.27 bits per heavy atom. The lowest BCUT2D eigenvalue weighted by Crippen LogP contribution is -1.93. The summed E-state index contributed by atoms with van der Waals surface area (Å²) in [4.78, 5) is 10.4. The van der Waals surface area contributed by atoms with Gasteiger partial charge in [0.25, 0.3) is 0 Å². The van der Waals surface area contributed by atoms with Crippen LogP contribution in [0.1, 0.15) is 11.1 Å². The van der Waals surface area contributed by atoms with Crippen molar-refractivity contribution in [2.24, 2.45) is 0 Å². The van der Waals surface area contributed by atoms with Gasteiger partial charge in [-0.05, 0) is 23.3 Å². The van der Waals surface area contributed by atoms with Crippen LogP contribution in [0, 0.1) is 5.82 Å². The lowest BCUT2D eigenvalue weighted by atomic mass is 10.1. The van der Waals surface area contributed by atoms with Crippen LogP contribution >= 0.6 is 0 Å². The van der Waals surface area contributed by atoms with Gasteiger partial charge in [-0.25, -0.2) is 9.07 Å². The first-order chi connectivity index (χ1) is 7.28. The van der Waals surface area contributed by atoms with Crippen LogP contribution in [0.4, 0.5) is 4.39 Å². The maximum atomic E-state index is 12.6. The molecule has 0 fully saturated rings. The van der Waals surface area contributed by atoms with Crippen molar-refractivity contribution in [3.63, 3.8) is 0 Å². The second-order valence-electron chi connectivity index (χ2n) is 3.24. The molecule has 0 spiro atoms. The predicted molar refractivity (Wildman–Crippen MR) is 53.6 cm³/mol. The summed E-state index contributed by atoms with van der Waals surface area (Å²) in [5, 5.41) is 3.82. The van der Waals surface area contributed by atoms with Crippen molar-refractivity contribution in [2.75, 3.05) is 0 Å². The Labute approximate surface area is 86.2 Å². The van der Waals surface area contributed by atoms with Gasteiger partial charge in [0.05, 0.1) is 6.20 Å². The number of rotatable bonds is 3. The van der Waals surface area contributed by atoms with Crippen molar-refractivity contribution < 1.29 is 9.18 Å². The molecule has 1 aromatic heterocycles. The van der Waals surface area contributed by atoms with Crippen molar-refractivity contribution in [3.8, 4) is 0 Å². The van der Waals surface area contributed by atoms with Crippen LogP contribution in [0.15, 0.2) is 36.7 Å². The van der Waals surface area contributed by atoms with Crippen LogP contribution < -0.4 is 0 Å². The molecule has 0 aliphatic rings. The van der Waals surface area contributed by atoms with Gasteiger partial charge in [-0.2, -0.15) is 5.10 Å². The molecule has 0 unspecified atom stereocenters. The molecule has 4 heteroatoms. The normalized spacial score (nSPS) is 10.2. The summed E-state index contributed by atoms with van der Waals surface area (Å²) >= 11 is 0. The number of hydrogen-bond donors (Lipinski definition) is 0. The van der Waals surface area contributed by atoms with Crippen LogP contribution in [0.3, 0.4) is 0 Å². The van der Waals surface area contributed by atoms with Gasteiger partial charge in [0, 0.05) is 12.6 Å². The average molecular weight is 204 g/mol. The molecule has 0 radical (unpaired) electrons. The third-order valence-electron chi connectivity index (χ3n) is 2.08. The number of benzene rings is 1. The molecule has 0 saturated heterocycles. The first-order valence-electron chi connectivity index (χ1n) is 4.51. The van der Waals surface area contributed by atoms with E-state index in [9.17, 15) is 9.18 Å². The lowest BCUT2D eigenvalue weighted by Gasteiger charge is -1.97. The van der Waals surface area contributed by atoms with E-state index in [4.69, 9.17) is 0 Å². The molecule has 0 amide bonds. The molecule has 2 rings (SSSR count). The van der Waals surface area contributed by atoms with Gasteiger partial charge in [0.15, 0.2) is 0 Å². The highest BCUT2D eigenvalue weighted by atomic mass is 19.1. The molecule has 0 aliphatic heterocycles. The summed E-state index contributed by atoms with van der Waals surface area (Å²) in [6, 6.07) is 6.26. The summed E-state index contributed by atoms with van der Waals surface area (Å²) in [6.07, 6.45) is 4.55. The summed E-state index contributed by atoms with van der Waals surface area (Å²) in [5.74, 6) is -0.248.